The predicted molar refractivity (Wildman–Crippen MR) is 59.3 cm³/mol. The molecule has 0 radical (unpaired) electrons. The quantitative estimate of drug-likeness (QED) is 0.724. The molecule has 0 bridgehead atoms. The standard InChI is InChI=1S/C9H20N2O3S/c1-8-6-11(7-9(2)14-8)15(12,13)5-4-10-3/h8-10H,4-7H2,1-3H3/t8-,9+. The molecule has 0 aromatic heterocycles. The Morgan fingerprint density at radius 2 is 1.87 bits per heavy atom. The van der Waals surface area contributed by atoms with Crippen molar-refractivity contribution in [1.29, 1.82) is 0 Å². The predicted octanol–water partition coefficient (Wildman–Crippen LogP) is -0.355. The Balaban J connectivity index is 2.61. The number of sulfonamides is 1. The summed E-state index contributed by atoms with van der Waals surface area (Å²) < 4.78 is 30.8. The number of morpholine rings is 1. The zero-order valence-corrected chi connectivity index (χ0v) is 10.4. The molecule has 0 unspecified atom stereocenters. The average Bonchev–Trinajstić information content (AvgIpc) is 2.13. The van der Waals surface area contributed by atoms with E-state index in [1.807, 2.05) is 13.8 Å². The topological polar surface area (TPSA) is 58.6 Å². The number of ether oxygens (including phenoxy) is 1. The van der Waals surface area contributed by atoms with Gasteiger partial charge in [0.15, 0.2) is 0 Å². The van der Waals surface area contributed by atoms with Crippen LogP contribution in [0.4, 0.5) is 0 Å². The van der Waals surface area contributed by atoms with Crippen LogP contribution in [0.2, 0.25) is 0 Å². The zero-order chi connectivity index (χ0) is 11.5. The van der Waals surface area contributed by atoms with Crippen molar-refractivity contribution >= 4 is 10.0 Å². The normalized spacial score (nSPS) is 29.3. The van der Waals surface area contributed by atoms with Crippen LogP contribution in [0.15, 0.2) is 0 Å². The lowest BCUT2D eigenvalue weighted by Crippen LogP contribution is -2.49. The van der Waals surface area contributed by atoms with Crippen molar-refractivity contribution in [2.75, 3.05) is 32.4 Å². The number of nitrogens with one attached hydrogen (secondary N) is 1. The van der Waals surface area contributed by atoms with Gasteiger partial charge in [0.1, 0.15) is 0 Å². The molecule has 0 aromatic rings. The minimum atomic E-state index is -3.12. The molecule has 0 spiro atoms. The van der Waals surface area contributed by atoms with E-state index in [4.69, 9.17) is 4.74 Å². The molecule has 0 amide bonds. The molecule has 90 valence electrons. The third-order valence-corrected chi connectivity index (χ3v) is 4.19. The van der Waals surface area contributed by atoms with Gasteiger partial charge in [-0.05, 0) is 20.9 Å². The van der Waals surface area contributed by atoms with E-state index in [1.165, 1.54) is 4.31 Å². The molecular formula is C9H20N2O3S. The third-order valence-electron chi connectivity index (χ3n) is 2.39. The molecule has 0 saturated carbocycles. The lowest BCUT2D eigenvalue weighted by Gasteiger charge is -2.34. The Morgan fingerprint density at radius 1 is 1.33 bits per heavy atom. The van der Waals surface area contributed by atoms with Crippen LogP contribution < -0.4 is 5.32 Å². The summed E-state index contributed by atoms with van der Waals surface area (Å²) in [6.45, 7) is 5.22. The lowest BCUT2D eigenvalue weighted by atomic mass is 10.3. The Labute approximate surface area is 91.8 Å². The van der Waals surface area contributed by atoms with E-state index in [-0.39, 0.29) is 18.0 Å². The van der Waals surface area contributed by atoms with E-state index >= 15 is 0 Å². The molecule has 1 N–H and O–H groups in total. The second-order valence-electron chi connectivity index (χ2n) is 3.99. The van der Waals surface area contributed by atoms with Gasteiger partial charge in [-0.15, -0.1) is 0 Å². The minimum absolute atomic E-state index is 0.0156. The first-order valence-electron chi connectivity index (χ1n) is 5.23. The van der Waals surface area contributed by atoms with Crippen molar-refractivity contribution < 1.29 is 13.2 Å². The van der Waals surface area contributed by atoms with Crippen LogP contribution in [0.3, 0.4) is 0 Å². The summed E-state index contributed by atoms with van der Waals surface area (Å²) in [6.07, 6.45) is -0.0313. The number of hydrogen-bond donors (Lipinski definition) is 1. The monoisotopic (exact) mass is 236 g/mol. The molecule has 1 fully saturated rings. The van der Waals surface area contributed by atoms with Crippen LogP contribution in [0, 0.1) is 0 Å². The lowest BCUT2D eigenvalue weighted by molar-refractivity contribution is -0.0440. The summed E-state index contributed by atoms with van der Waals surface area (Å²) >= 11 is 0. The Kier molecular flexibility index (Phi) is 4.51. The van der Waals surface area contributed by atoms with Crippen molar-refractivity contribution in [2.24, 2.45) is 0 Å². The van der Waals surface area contributed by atoms with Crippen molar-refractivity contribution in [3.63, 3.8) is 0 Å². The fraction of sp³-hybridized carbons (Fsp3) is 1.00. The average molecular weight is 236 g/mol. The van der Waals surface area contributed by atoms with Gasteiger partial charge in [0.05, 0.1) is 18.0 Å². The molecule has 1 heterocycles. The van der Waals surface area contributed by atoms with Gasteiger partial charge < -0.3 is 10.1 Å². The summed E-state index contributed by atoms with van der Waals surface area (Å²) in [5.74, 6) is 0.156. The molecule has 2 atom stereocenters. The molecule has 6 heteroatoms. The Hall–Kier alpha value is -0.170. The van der Waals surface area contributed by atoms with Gasteiger partial charge in [-0.25, -0.2) is 8.42 Å². The SMILES string of the molecule is CNCCS(=O)(=O)N1C[C@@H](C)O[C@@H](C)C1. The molecule has 15 heavy (non-hydrogen) atoms. The second-order valence-corrected chi connectivity index (χ2v) is 6.08. The van der Waals surface area contributed by atoms with Crippen LogP contribution in [-0.2, 0) is 14.8 Å². The molecule has 1 rings (SSSR count). The van der Waals surface area contributed by atoms with E-state index < -0.39 is 10.0 Å². The highest BCUT2D eigenvalue weighted by molar-refractivity contribution is 7.89. The largest absolute Gasteiger partial charge is 0.373 e. The Bertz CT molecular complexity index is 282. The van der Waals surface area contributed by atoms with Crippen LogP contribution in [-0.4, -0.2) is 57.4 Å². The van der Waals surface area contributed by atoms with Gasteiger partial charge >= 0.3 is 0 Å². The molecule has 5 nitrogen and oxygen atoms in total. The molecule has 0 aromatic carbocycles. The van der Waals surface area contributed by atoms with Gasteiger partial charge in [0.2, 0.25) is 10.0 Å². The molecular weight excluding hydrogens is 216 g/mol. The molecule has 0 aliphatic carbocycles. The van der Waals surface area contributed by atoms with Crippen LogP contribution >= 0.6 is 0 Å². The first kappa shape index (κ1) is 12.9. The van der Waals surface area contributed by atoms with E-state index in [0.29, 0.717) is 19.6 Å². The summed E-state index contributed by atoms with van der Waals surface area (Å²) in [5, 5.41) is 2.85. The summed E-state index contributed by atoms with van der Waals surface area (Å²) in [4.78, 5) is 0. The van der Waals surface area contributed by atoms with Crippen molar-refractivity contribution in [1.82, 2.24) is 9.62 Å². The summed E-state index contributed by atoms with van der Waals surface area (Å²) in [6, 6.07) is 0. The highest BCUT2D eigenvalue weighted by Gasteiger charge is 2.30. The van der Waals surface area contributed by atoms with E-state index in [9.17, 15) is 8.42 Å². The second kappa shape index (κ2) is 5.25. The van der Waals surface area contributed by atoms with Crippen molar-refractivity contribution in [3.05, 3.63) is 0 Å². The van der Waals surface area contributed by atoms with Crippen LogP contribution in [0.25, 0.3) is 0 Å². The van der Waals surface area contributed by atoms with Gasteiger partial charge in [0, 0.05) is 19.6 Å². The Morgan fingerprint density at radius 3 is 2.33 bits per heavy atom. The first-order valence-corrected chi connectivity index (χ1v) is 6.84. The van der Waals surface area contributed by atoms with Gasteiger partial charge in [-0.1, -0.05) is 0 Å². The van der Waals surface area contributed by atoms with E-state index in [1.54, 1.807) is 7.05 Å². The van der Waals surface area contributed by atoms with Gasteiger partial charge in [0.25, 0.3) is 0 Å². The van der Waals surface area contributed by atoms with E-state index in [0.717, 1.165) is 0 Å². The number of hydrogen-bond acceptors (Lipinski definition) is 4. The fourth-order valence-electron chi connectivity index (χ4n) is 1.72. The maximum atomic E-state index is 11.9. The van der Waals surface area contributed by atoms with Gasteiger partial charge in [-0.2, -0.15) is 4.31 Å². The maximum absolute atomic E-state index is 11.9. The van der Waals surface area contributed by atoms with E-state index in [2.05, 4.69) is 5.32 Å². The van der Waals surface area contributed by atoms with Crippen molar-refractivity contribution in [3.8, 4) is 0 Å². The molecule has 1 aliphatic rings. The highest BCUT2D eigenvalue weighted by atomic mass is 32.2. The van der Waals surface area contributed by atoms with Crippen molar-refractivity contribution in [2.45, 2.75) is 26.1 Å². The van der Waals surface area contributed by atoms with Gasteiger partial charge in [-0.3, -0.25) is 0 Å². The summed E-state index contributed by atoms with van der Waals surface area (Å²) in [7, 11) is -1.37. The summed E-state index contributed by atoms with van der Waals surface area (Å²) in [5.41, 5.74) is 0. The smallest absolute Gasteiger partial charge is 0.215 e. The third kappa shape index (κ3) is 3.71. The molecule has 1 saturated heterocycles. The number of rotatable bonds is 4. The minimum Gasteiger partial charge on any atom is -0.373 e. The van der Waals surface area contributed by atoms with Crippen LogP contribution in [0.5, 0.6) is 0 Å². The zero-order valence-electron chi connectivity index (χ0n) is 9.56. The van der Waals surface area contributed by atoms with Crippen LogP contribution in [0.1, 0.15) is 13.8 Å². The maximum Gasteiger partial charge on any atom is 0.215 e. The number of nitrogens with zero attached hydrogens (tertiary/aromatic N) is 1. The fourth-order valence-corrected chi connectivity index (χ4v) is 3.31. The highest BCUT2D eigenvalue weighted by Crippen LogP contribution is 2.14. The first-order chi connectivity index (χ1) is 6.95. The molecule has 1 aliphatic heterocycles.